The zero-order chi connectivity index (χ0) is 8.31. The van der Waals surface area contributed by atoms with Crippen molar-refractivity contribution < 1.29 is 38.6 Å². The molecule has 0 amide bonds. The van der Waals surface area contributed by atoms with Crippen molar-refractivity contribution in [2.75, 3.05) is 0 Å². The van der Waals surface area contributed by atoms with Gasteiger partial charge in [0.2, 0.25) is 0 Å². The standard InChI is InChI=1S/C4H6O6.Ba.Sb.6H2/c5-1(3(7)8)2(6)4(9)10;;;;;;;;/h1-2,5-6H,(H,7,8)(H,9,10);;;6*1H/q;+2;+3;;;;;;/p-2. The van der Waals surface area contributed by atoms with Crippen LogP contribution in [0.4, 0.5) is 0 Å². The Hall–Kier alpha value is 1.25. The van der Waals surface area contributed by atoms with Crippen LogP contribution in [-0.4, -0.2) is 108 Å². The molecule has 8 heteroatoms. The van der Waals surface area contributed by atoms with E-state index in [0.717, 1.165) is 0 Å². The number of carbonyl (C=O) groups is 2. The quantitative estimate of drug-likeness (QED) is 0.449. The number of aliphatic hydroxyl groups excluding tert-OH is 2. The monoisotopic (exact) mass is 419 g/mol. The predicted molar refractivity (Wildman–Crippen MR) is 46.2 cm³/mol. The molecule has 6 nitrogen and oxygen atoms in total. The van der Waals surface area contributed by atoms with E-state index < -0.39 is 24.1 Å². The summed E-state index contributed by atoms with van der Waals surface area (Å²) in [5.41, 5.74) is 0. The molecule has 0 aromatic carbocycles. The van der Waals surface area contributed by atoms with Crippen LogP contribution < -0.4 is 10.2 Å². The van der Waals surface area contributed by atoms with E-state index in [1.54, 1.807) is 0 Å². The molecule has 2 unspecified atom stereocenters. The summed E-state index contributed by atoms with van der Waals surface area (Å²) in [6.07, 6.45) is -4.88. The summed E-state index contributed by atoms with van der Waals surface area (Å²) in [5.74, 6) is -4.12. The van der Waals surface area contributed by atoms with Crippen LogP contribution in [0.5, 0.6) is 0 Å². The van der Waals surface area contributed by atoms with E-state index in [1.165, 1.54) is 0 Å². The third kappa shape index (κ3) is 6.73. The van der Waals surface area contributed by atoms with Gasteiger partial charge in [0, 0.05) is 8.56 Å². The molecule has 0 aromatic rings. The van der Waals surface area contributed by atoms with Gasteiger partial charge in [0.05, 0.1) is 11.9 Å². The van der Waals surface area contributed by atoms with Gasteiger partial charge in [-0.2, -0.15) is 0 Å². The fourth-order valence-corrected chi connectivity index (χ4v) is 0.258. The van der Waals surface area contributed by atoms with Crippen molar-refractivity contribution in [1.29, 1.82) is 0 Å². The van der Waals surface area contributed by atoms with Gasteiger partial charge in [-0.1, -0.05) is 0 Å². The molecule has 0 fully saturated rings. The maximum Gasteiger partial charge on any atom is 3.00 e. The second kappa shape index (κ2) is 8.83. The molecule has 72 valence electrons. The Morgan fingerprint density at radius 2 is 1.25 bits per heavy atom. The number of carbonyl (C=O) groups excluding carboxylic acids is 2. The summed E-state index contributed by atoms with van der Waals surface area (Å²) < 4.78 is 0. The van der Waals surface area contributed by atoms with Crippen molar-refractivity contribution in [2.24, 2.45) is 0 Å². The Balaban J connectivity index is -0.0000000145. The molecule has 2 N–H and O–H groups in total. The molecule has 0 saturated carbocycles. The van der Waals surface area contributed by atoms with Crippen LogP contribution in [0.3, 0.4) is 0 Å². The number of hydrogen-bond acceptors (Lipinski definition) is 6. The number of carboxylic acid groups (broad SMARTS) is 2. The van der Waals surface area contributed by atoms with Gasteiger partial charge in [0.25, 0.3) is 0 Å². The summed E-state index contributed by atoms with van der Waals surface area (Å²) in [4.78, 5) is 19.3. The average molecular weight is 419 g/mol. The van der Waals surface area contributed by atoms with Gasteiger partial charge in [-0.05, 0) is 0 Å². The third-order valence-corrected chi connectivity index (χ3v) is 0.782. The van der Waals surface area contributed by atoms with Gasteiger partial charge in [-0.15, -0.1) is 0 Å². The van der Waals surface area contributed by atoms with E-state index in [-0.39, 0.29) is 81.9 Å². The SMILES string of the molecule is O=C([O-])C(O)C(O)C(=O)[O-].[Ba+2].[HH].[HH].[HH].[HH].[HH].[HH].[Sb+3]. The van der Waals surface area contributed by atoms with E-state index in [2.05, 4.69) is 0 Å². The van der Waals surface area contributed by atoms with Crippen molar-refractivity contribution in [1.82, 2.24) is 0 Å². The van der Waals surface area contributed by atoms with E-state index in [4.69, 9.17) is 10.2 Å². The Morgan fingerprint density at radius 3 is 1.33 bits per heavy atom. The molecule has 0 bridgehead atoms. The first-order valence-corrected chi connectivity index (χ1v) is 2.24. The normalized spacial score (nSPS) is 13.2. The molecular formula is C4H16BaO6Sb+3. The smallest absolute Gasteiger partial charge is 0.547 e. The van der Waals surface area contributed by atoms with Crippen LogP contribution in [0.2, 0.25) is 0 Å². The molecule has 0 spiro atoms. The molecule has 0 saturated heterocycles. The molecule has 0 aliphatic heterocycles. The van der Waals surface area contributed by atoms with Crippen molar-refractivity contribution in [3.8, 4) is 0 Å². The van der Waals surface area contributed by atoms with Crippen molar-refractivity contribution >= 4 is 85.2 Å². The first kappa shape index (κ1) is 18.9. The van der Waals surface area contributed by atoms with Gasteiger partial charge in [0.15, 0.2) is 0 Å². The number of carboxylic acids is 2. The van der Waals surface area contributed by atoms with Crippen LogP contribution in [-0.2, 0) is 9.59 Å². The Kier molecular flexibility index (Phi) is 13.9. The largest absolute Gasteiger partial charge is 3.00 e. The van der Waals surface area contributed by atoms with Crippen LogP contribution in [0.1, 0.15) is 8.56 Å². The molecule has 0 aromatic heterocycles. The summed E-state index contributed by atoms with van der Waals surface area (Å²) in [5, 5.41) is 35.7. The predicted octanol–water partition coefficient (Wildman–Crippen LogP) is -4.08. The van der Waals surface area contributed by atoms with Crippen LogP contribution >= 0.6 is 0 Å². The molecule has 2 radical (unpaired) electrons. The Bertz CT molecular complexity index is 160. The van der Waals surface area contributed by atoms with Crippen molar-refractivity contribution in [2.45, 2.75) is 12.2 Å². The number of aliphatic carboxylic acids is 2. The minimum atomic E-state index is -2.44. The van der Waals surface area contributed by atoms with E-state index in [9.17, 15) is 19.8 Å². The van der Waals surface area contributed by atoms with Crippen molar-refractivity contribution in [3.05, 3.63) is 0 Å². The first-order valence-electron chi connectivity index (χ1n) is 2.24. The third-order valence-electron chi connectivity index (χ3n) is 0.782. The van der Waals surface area contributed by atoms with Gasteiger partial charge in [-0.25, -0.2) is 0 Å². The second-order valence-corrected chi connectivity index (χ2v) is 1.53. The molecule has 0 heterocycles. The molecular weight excluding hydrogens is 403 g/mol. The fraction of sp³-hybridized carbons (Fsp3) is 0.500. The van der Waals surface area contributed by atoms with Crippen molar-refractivity contribution in [3.63, 3.8) is 0 Å². The zero-order valence-corrected chi connectivity index (χ0v) is 12.8. The first-order chi connectivity index (χ1) is 4.46. The summed E-state index contributed by atoms with van der Waals surface area (Å²) >= 11 is 0. The summed E-state index contributed by atoms with van der Waals surface area (Å²) in [7, 11) is 0. The van der Waals surface area contributed by atoms with Gasteiger partial charge in [0.1, 0.15) is 12.2 Å². The molecule has 0 aliphatic carbocycles. The maximum absolute atomic E-state index is 9.63. The van der Waals surface area contributed by atoms with Gasteiger partial charge in [-0.3, -0.25) is 0 Å². The molecule has 2 atom stereocenters. The summed E-state index contributed by atoms with van der Waals surface area (Å²) in [6, 6.07) is 0. The molecule has 0 rings (SSSR count). The van der Waals surface area contributed by atoms with E-state index in [1.807, 2.05) is 0 Å². The van der Waals surface area contributed by atoms with E-state index in [0.29, 0.717) is 0 Å². The Labute approximate surface area is 134 Å². The van der Waals surface area contributed by atoms with Gasteiger partial charge < -0.3 is 30.0 Å². The minimum Gasteiger partial charge on any atom is -0.547 e. The Morgan fingerprint density at radius 1 is 1.08 bits per heavy atom. The number of aliphatic hydroxyl groups is 2. The topological polar surface area (TPSA) is 121 Å². The molecule has 0 aliphatic rings. The van der Waals surface area contributed by atoms with Crippen LogP contribution in [0.25, 0.3) is 0 Å². The fourth-order valence-electron chi connectivity index (χ4n) is 0.258. The van der Waals surface area contributed by atoms with Crippen LogP contribution in [0, 0.1) is 0 Å². The molecule has 12 heavy (non-hydrogen) atoms. The second-order valence-electron chi connectivity index (χ2n) is 1.53. The maximum atomic E-state index is 9.63. The van der Waals surface area contributed by atoms with Crippen LogP contribution in [0.15, 0.2) is 0 Å². The number of hydrogen-bond donors (Lipinski definition) is 2. The average Bonchev–Trinajstić information content (AvgIpc) is 1.84. The zero-order valence-electron chi connectivity index (χ0n) is 5.84. The summed E-state index contributed by atoms with van der Waals surface area (Å²) in [6.45, 7) is 0. The minimum absolute atomic E-state index is 0. The van der Waals surface area contributed by atoms with E-state index >= 15 is 0 Å². The van der Waals surface area contributed by atoms with Gasteiger partial charge >= 0.3 is 73.3 Å². The number of rotatable bonds is 3.